The molecule has 0 heterocycles. The number of quaternary nitrogens is 1. The summed E-state index contributed by atoms with van der Waals surface area (Å²) in [5.41, 5.74) is 0. The molecule has 3 atom stereocenters. The number of phosphoric acid groups is 1. The van der Waals surface area contributed by atoms with Gasteiger partial charge in [0.15, 0.2) is 0 Å². The molecule has 0 saturated carbocycles. The molecule has 1 amide bonds. The van der Waals surface area contributed by atoms with Crippen molar-refractivity contribution in [3.63, 3.8) is 0 Å². The van der Waals surface area contributed by atoms with Crippen LogP contribution < -0.4 is 5.32 Å². The van der Waals surface area contributed by atoms with E-state index in [1.165, 1.54) is 199 Å². The number of nitrogens with zero attached hydrogens (tertiary/aromatic N) is 1. The molecule has 0 fully saturated rings. The van der Waals surface area contributed by atoms with Gasteiger partial charge in [0.05, 0.1) is 33.8 Å². The Morgan fingerprint density at radius 2 is 0.808 bits per heavy atom. The summed E-state index contributed by atoms with van der Waals surface area (Å²) in [7, 11) is 1.51. The normalized spacial score (nSPS) is 13.8. The number of unbranched alkanes of at least 4 members (excludes halogenated alkanes) is 40. The number of rotatable bonds is 58. The molecule has 0 aliphatic rings. The van der Waals surface area contributed by atoms with Gasteiger partial charge in [-0.25, -0.2) is 4.57 Å². The lowest BCUT2D eigenvalue weighted by Gasteiger charge is -2.27. The van der Waals surface area contributed by atoms with Crippen molar-refractivity contribution in [3.05, 3.63) is 24.3 Å². The van der Waals surface area contributed by atoms with Crippen LogP contribution in [0.4, 0.5) is 0 Å². The van der Waals surface area contributed by atoms with E-state index in [1.54, 1.807) is 0 Å². The number of hydrogen-bond acceptors (Lipinski definition) is 6. The molecule has 0 aromatic heterocycles. The summed E-state index contributed by atoms with van der Waals surface area (Å²) in [4.78, 5) is 37.6. The molecule has 0 bridgehead atoms. The van der Waals surface area contributed by atoms with E-state index in [0.29, 0.717) is 17.4 Å². The first-order chi connectivity index (χ1) is 35.4. The van der Waals surface area contributed by atoms with Gasteiger partial charge < -0.3 is 19.4 Å². The Balaban J connectivity index is 4.97. The number of likely N-dealkylation sites (N-methyl/N-ethyl adjacent to an activating group) is 1. The van der Waals surface area contributed by atoms with Gasteiger partial charge >= 0.3 is 13.8 Å². The predicted molar refractivity (Wildman–Crippen MR) is 314 cm³/mol. The molecule has 0 spiro atoms. The van der Waals surface area contributed by atoms with Crippen molar-refractivity contribution in [2.45, 2.75) is 328 Å². The highest BCUT2D eigenvalue weighted by molar-refractivity contribution is 7.47. The van der Waals surface area contributed by atoms with Crippen molar-refractivity contribution in [2.24, 2.45) is 0 Å². The maximum absolute atomic E-state index is 13.5. The molecule has 2 N–H and O–H groups in total. The lowest BCUT2D eigenvalue weighted by atomic mass is 10.0. The number of phosphoric ester groups is 1. The fourth-order valence-electron chi connectivity index (χ4n) is 9.45. The monoisotopic (exact) mass is 1050 g/mol. The van der Waals surface area contributed by atoms with Crippen LogP contribution >= 0.6 is 7.82 Å². The predicted octanol–water partition coefficient (Wildman–Crippen LogP) is 19.3. The molecule has 9 nitrogen and oxygen atoms in total. The van der Waals surface area contributed by atoms with Gasteiger partial charge in [0.25, 0.3) is 0 Å². The summed E-state index contributed by atoms with van der Waals surface area (Å²) in [6.45, 7) is 7.00. The second-order valence-electron chi connectivity index (χ2n) is 22.9. The van der Waals surface area contributed by atoms with E-state index < -0.39 is 20.0 Å². The summed E-state index contributed by atoms with van der Waals surface area (Å²) in [5, 5.41) is 3.06. The molecular formula is C63H124N2O7P+. The number of carbonyl (C=O) groups is 2. The Bertz CT molecular complexity index is 1300. The summed E-state index contributed by atoms with van der Waals surface area (Å²) in [6, 6.07) is -0.845. The average Bonchev–Trinajstić information content (AvgIpc) is 3.35. The number of hydrogen-bond donors (Lipinski definition) is 2. The first kappa shape index (κ1) is 71.5. The molecule has 10 heteroatoms. The number of amides is 1. The summed E-state index contributed by atoms with van der Waals surface area (Å²) in [5.74, 6) is -0.502. The minimum absolute atomic E-state index is 0.0423. The first-order valence-electron chi connectivity index (χ1n) is 31.7. The zero-order valence-corrected chi connectivity index (χ0v) is 50.3. The van der Waals surface area contributed by atoms with Gasteiger partial charge in [-0.05, 0) is 51.0 Å². The fourth-order valence-corrected chi connectivity index (χ4v) is 10.2. The molecular weight excluding hydrogens is 928 g/mol. The molecule has 0 aliphatic carbocycles. The van der Waals surface area contributed by atoms with Gasteiger partial charge in [-0.15, -0.1) is 0 Å². The Morgan fingerprint density at radius 1 is 0.466 bits per heavy atom. The average molecular weight is 1050 g/mol. The van der Waals surface area contributed by atoms with Crippen molar-refractivity contribution < 1.29 is 37.3 Å². The van der Waals surface area contributed by atoms with E-state index in [0.717, 1.165) is 83.5 Å². The van der Waals surface area contributed by atoms with Crippen molar-refractivity contribution in [3.8, 4) is 0 Å². The van der Waals surface area contributed by atoms with Gasteiger partial charge in [-0.3, -0.25) is 18.6 Å². The summed E-state index contributed by atoms with van der Waals surface area (Å²) >= 11 is 0. The van der Waals surface area contributed by atoms with E-state index in [4.69, 9.17) is 13.8 Å². The summed E-state index contributed by atoms with van der Waals surface area (Å²) < 4.78 is 30.6. The van der Waals surface area contributed by atoms with Crippen molar-refractivity contribution in [1.29, 1.82) is 0 Å². The Hall–Kier alpha value is -1.51. The van der Waals surface area contributed by atoms with Crippen LogP contribution in [-0.4, -0.2) is 74.3 Å². The van der Waals surface area contributed by atoms with Crippen LogP contribution in [-0.2, 0) is 27.9 Å². The SMILES string of the molecule is CCCC/C=C\CCCCCCCC(=O)OC(/C=C\CCCCCCCCCCC)C(COP(=O)(O)OCC[N+](C)(C)C)NC(=O)CCCCCCCCCCCCCCCCCCCCCCCCCCC. The third-order valence-electron chi connectivity index (χ3n) is 14.4. The number of ether oxygens (including phenoxy) is 1. The topological polar surface area (TPSA) is 111 Å². The van der Waals surface area contributed by atoms with Crippen LogP contribution in [0.25, 0.3) is 0 Å². The van der Waals surface area contributed by atoms with E-state index in [2.05, 4.69) is 38.2 Å². The fraction of sp³-hybridized carbons (Fsp3) is 0.905. The minimum atomic E-state index is -4.44. The number of esters is 1. The third-order valence-corrected chi connectivity index (χ3v) is 15.4. The molecule has 432 valence electrons. The number of allylic oxidation sites excluding steroid dienone is 3. The van der Waals surface area contributed by atoms with Gasteiger partial charge in [-0.1, -0.05) is 277 Å². The van der Waals surface area contributed by atoms with E-state index in [-0.39, 0.29) is 31.5 Å². The van der Waals surface area contributed by atoms with Crippen molar-refractivity contribution >= 4 is 19.7 Å². The zero-order chi connectivity index (χ0) is 53.6. The molecule has 0 aromatic rings. The van der Waals surface area contributed by atoms with Gasteiger partial charge in [0.1, 0.15) is 19.3 Å². The Labute approximate surface area is 454 Å². The van der Waals surface area contributed by atoms with Crippen molar-refractivity contribution in [1.82, 2.24) is 5.32 Å². The highest BCUT2D eigenvalue weighted by Crippen LogP contribution is 2.43. The molecule has 73 heavy (non-hydrogen) atoms. The molecule has 0 radical (unpaired) electrons. The Kier molecular flexibility index (Phi) is 52.8. The standard InChI is InChI=1S/C63H123N2O7P/c1-7-10-13-16-19-22-25-26-27-28-29-30-31-32-33-34-35-36-37-38-41-43-46-49-52-55-62(66)64-60(59-71-73(68,69)70-58-57-65(4,5)6)61(54-51-48-45-42-39-23-20-17-14-11-8-2)72-63(67)56-53-50-47-44-40-24-21-18-15-12-9-3/h18,21,51,54,60-61H,7-17,19-20,22-50,52-53,55-59H2,1-6H3,(H-,64,66,68,69)/p+1/b21-18-,54-51-. The first-order valence-corrected chi connectivity index (χ1v) is 33.2. The van der Waals surface area contributed by atoms with E-state index in [1.807, 2.05) is 33.3 Å². The largest absolute Gasteiger partial charge is 0.472 e. The lowest BCUT2D eigenvalue weighted by Crippen LogP contribution is -2.47. The molecule has 0 aliphatic heterocycles. The quantitative estimate of drug-likeness (QED) is 0.0205. The van der Waals surface area contributed by atoms with Crippen LogP contribution in [0.5, 0.6) is 0 Å². The van der Waals surface area contributed by atoms with E-state index >= 15 is 0 Å². The van der Waals surface area contributed by atoms with Crippen LogP contribution in [0.1, 0.15) is 316 Å². The molecule has 0 rings (SSSR count). The third kappa shape index (κ3) is 55.1. The highest BCUT2D eigenvalue weighted by Gasteiger charge is 2.30. The van der Waals surface area contributed by atoms with Crippen LogP contribution in [0.3, 0.4) is 0 Å². The number of nitrogens with one attached hydrogen (secondary N) is 1. The van der Waals surface area contributed by atoms with Gasteiger partial charge in [0.2, 0.25) is 5.91 Å². The lowest BCUT2D eigenvalue weighted by molar-refractivity contribution is -0.870. The van der Waals surface area contributed by atoms with Gasteiger partial charge in [0, 0.05) is 12.8 Å². The van der Waals surface area contributed by atoms with Crippen LogP contribution in [0.2, 0.25) is 0 Å². The second kappa shape index (κ2) is 53.9. The second-order valence-corrected chi connectivity index (χ2v) is 24.4. The molecule has 0 aromatic carbocycles. The smallest absolute Gasteiger partial charge is 0.456 e. The maximum atomic E-state index is 13.5. The molecule has 3 unspecified atom stereocenters. The molecule has 0 saturated heterocycles. The van der Waals surface area contributed by atoms with Gasteiger partial charge in [-0.2, -0.15) is 0 Å². The number of carbonyl (C=O) groups excluding carboxylic acids is 2. The van der Waals surface area contributed by atoms with Crippen molar-refractivity contribution in [2.75, 3.05) is 40.9 Å². The zero-order valence-electron chi connectivity index (χ0n) is 49.4. The van der Waals surface area contributed by atoms with E-state index in [9.17, 15) is 19.0 Å². The highest BCUT2D eigenvalue weighted by atomic mass is 31.2. The van der Waals surface area contributed by atoms with Crippen LogP contribution in [0, 0.1) is 0 Å². The van der Waals surface area contributed by atoms with Crippen LogP contribution in [0.15, 0.2) is 24.3 Å². The minimum Gasteiger partial charge on any atom is -0.456 e. The summed E-state index contributed by atoms with van der Waals surface area (Å²) in [6.07, 6.45) is 63.4. The maximum Gasteiger partial charge on any atom is 0.472 e. The Morgan fingerprint density at radius 3 is 1.21 bits per heavy atom.